The predicted octanol–water partition coefficient (Wildman–Crippen LogP) is 2.91. The number of amides is 1. The molecule has 0 radical (unpaired) electrons. The number of hydrogen-bond acceptors (Lipinski definition) is 4. The van der Waals surface area contributed by atoms with Crippen LogP contribution in [0.2, 0.25) is 0 Å². The van der Waals surface area contributed by atoms with Crippen molar-refractivity contribution in [3.63, 3.8) is 0 Å². The summed E-state index contributed by atoms with van der Waals surface area (Å²) < 4.78 is 1.75. The number of aromatic nitrogens is 2. The second-order valence-corrected chi connectivity index (χ2v) is 8.20. The maximum absolute atomic E-state index is 12.9. The van der Waals surface area contributed by atoms with Crippen LogP contribution in [0.1, 0.15) is 47.1 Å². The summed E-state index contributed by atoms with van der Waals surface area (Å²) in [4.78, 5) is 32.6. The first-order valence-electron chi connectivity index (χ1n) is 10.8. The van der Waals surface area contributed by atoms with Crippen molar-refractivity contribution in [2.45, 2.75) is 38.3 Å². The van der Waals surface area contributed by atoms with Gasteiger partial charge in [0.15, 0.2) is 0 Å². The molecule has 2 aromatic carbocycles. The number of aryl methyl sites for hydroxylation is 1. The lowest BCUT2D eigenvalue weighted by Crippen LogP contribution is -2.36. The van der Waals surface area contributed by atoms with Crippen LogP contribution in [0.15, 0.2) is 53.3 Å². The van der Waals surface area contributed by atoms with E-state index in [9.17, 15) is 9.59 Å². The number of nitrogens with zero attached hydrogens (tertiary/aromatic N) is 3. The van der Waals surface area contributed by atoms with Crippen molar-refractivity contribution >= 4 is 16.8 Å². The number of likely N-dealkylation sites (tertiary alicyclic amines) is 1. The fourth-order valence-electron chi connectivity index (χ4n) is 4.70. The summed E-state index contributed by atoms with van der Waals surface area (Å²) >= 11 is 0. The normalized spacial score (nSPS) is 17.2. The lowest BCUT2D eigenvalue weighted by atomic mass is 10.1. The molecule has 0 spiro atoms. The maximum atomic E-state index is 12.9. The van der Waals surface area contributed by atoms with E-state index in [0.29, 0.717) is 23.0 Å². The van der Waals surface area contributed by atoms with Crippen molar-refractivity contribution < 1.29 is 4.79 Å². The van der Waals surface area contributed by atoms with E-state index in [1.54, 1.807) is 22.8 Å². The van der Waals surface area contributed by atoms with Crippen molar-refractivity contribution in [1.29, 1.82) is 0 Å². The Morgan fingerprint density at radius 3 is 2.63 bits per heavy atom. The van der Waals surface area contributed by atoms with E-state index < -0.39 is 0 Å². The fraction of sp³-hybridized carbons (Fsp3) is 0.375. The molecule has 1 saturated heterocycles. The quantitative estimate of drug-likeness (QED) is 0.713. The summed E-state index contributed by atoms with van der Waals surface area (Å²) in [7, 11) is 0. The Labute approximate surface area is 175 Å². The Bertz CT molecular complexity index is 1130. The number of fused-ring (bicyclic) bond motifs is 2. The van der Waals surface area contributed by atoms with E-state index in [2.05, 4.69) is 27.3 Å². The van der Waals surface area contributed by atoms with E-state index in [1.807, 2.05) is 18.2 Å². The van der Waals surface area contributed by atoms with E-state index >= 15 is 0 Å². The van der Waals surface area contributed by atoms with Gasteiger partial charge in [-0.3, -0.25) is 19.1 Å². The molecule has 1 amide bonds. The third-order valence-electron chi connectivity index (χ3n) is 6.30. The topological polar surface area (TPSA) is 67.2 Å². The molecule has 1 aromatic heterocycles. The molecule has 154 valence electrons. The van der Waals surface area contributed by atoms with Gasteiger partial charge in [0.05, 0.1) is 16.9 Å². The summed E-state index contributed by atoms with van der Waals surface area (Å²) in [5.74, 6) is 0.697. The Balaban J connectivity index is 1.37. The molecule has 1 unspecified atom stereocenters. The van der Waals surface area contributed by atoms with Gasteiger partial charge >= 0.3 is 0 Å². The van der Waals surface area contributed by atoms with Gasteiger partial charge in [0, 0.05) is 25.1 Å². The minimum absolute atomic E-state index is 0.00219. The van der Waals surface area contributed by atoms with Crippen LogP contribution in [0.4, 0.5) is 0 Å². The molecule has 5 rings (SSSR count). The van der Waals surface area contributed by atoms with E-state index in [0.717, 1.165) is 38.3 Å². The standard InChI is InChI=1S/C24H26N4O2/c29-23(25-16-21(27-12-4-5-13-27)17-7-2-1-3-8-17)18-10-11-19-20(15-18)26-22-9-6-14-28(22)24(19)30/h1-3,7-8,10-11,15,21H,4-6,9,12-14,16H2,(H,25,29). The molecule has 2 aliphatic heterocycles. The fourth-order valence-corrected chi connectivity index (χ4v) is 4.70. The molecule has 1 N–H and O–H groups in total. The van der Waals surface area contributed by atoms with Crippen molar-refractivity contribution in [3.8, 4) is 0 Å². The van der Waals surface area contributed by atoms with Crippen LogP contribution < -0.4 is 10.9 Å². The molecule has 0 saturated carbocycles. The summed E-state index contributed by atoms with van der Waals surface area (Å²) in [6, 6.07) is 15.8. The van der Waals surface area contributed by atoms with Gasteiger partial charge in [-0.25, -0.2) is 4.98 Å². The molecule has 2 aliphatic rings. The number of nitrogens with one attached hydrogen (secondary N) is 1. The SMILES string of the molecule is O=C(NCC(c1ccccc1)N1CCCC1)c1ccc2c(=O)n3c(nc2c1)CCC3. The van der Waals surface area contributed by atoms with E-state index in [1.165, 1.54) is 18.4 Å². The second-order valence-electron chi connectivity index (χ2n) is 8.20. The van der Waals surface area contributed by atoms with Gasteiger partial charge in [0.25, 0.3) is 11.5 Å². The summed E-state index contributed by atoms with van der Waals surface area (Å²) in [6.07, 6.45) is 4.17. The molecule has 1 fully saturated rings. The Morgan fingerprint density at radius 2 is 1.83 bits per heavy atom. The Kier molecular flexibility index (Phi) is 5.09. The molecule has 3 aromatic rings. The number of carbonyl (C=O) groups is 1. The van der Waals surface area contributed by atoms with Gasteiger partial charge in [-0.05, 0) is 56.1 Å². The highest BCUT2D eigenvalue weighted by atomic mass is 16.1. The van der Waals surface area contributed by atoms with Crippen molar-refractivity contribution in [2.75, 3.05) is 19.6 Å². The highest BCUT2D eigenvalue weighted by Gasteiger charge is 2.24. The molecule has 6 nitrogen and oxygen atoms in total. The molecule has 3 heterocycles. The minimum atomic E-state index is -0.126. The smallest absolute Gasteiger partial charge is 0.261 e. The molecular formula is C24H26N4O2. The van der Waals surface area contributed by atoms with Crippen LogP contribution >= 0.6 is 0 Å². The van der Waals surface area contributed by atoms with Gasteiger partial charge < -0.3 is 5.32 Å². The molecule has 0 bridgehead atoms. The van der Waals surface area contributed by atoms with Crippen molar-refractivity contribution in [2.24, 2.45) is 0 Å². The van der Waals surface area contributed by atoms with Gasteiger partial charge in [-0.1, -0.05) is 30.3 Å². The number of benzene rings is 2. The van der Waals surface area contributed by atoms with Gasteiger partial charge in [0.1, 0.15) is 5.82 Å². The second kappa shape index (κ2) is 8.03. The van der Waals surface area contributed by atoms with Crippen LogP contribution in [-0.2, 0) is 13.0 Å². The number of hydrogen-bond donors (Lipinski definition) is 1. The van der Waals surface area contributed by atoms with Gasteiger partial charge in [-0.15, -0.1) is 0 Å². The first-order valence-corrected chi connectivity index (χ1v) is 10.8. The van der Waals surface area contributed by atoms with E-state index in [-0.39, 0.29) is 17.5 Å². The highest BCUT2D eigenvalue weighted by Crippen LogP contribution is 2.24. The zero-order valence-corrected chi connectivity index (χ0v) is 17.0. The largest absolute Gasteiger partial charge is 0.350 e. The van der Waals surface area contributed by atoms with Gasteiger partial charge in [-0.2, -0.15) is 0 Å². The molecule has 30 heavy (non-hydrogen) atoms. The van der Waals surface area contributed by atoms with Crippen LogP contribution in [0, 0.1) is 0 Å². The molecular weight excluding hydrogens is 376 g/mol. The maximum Gasteiger partial charge on any atom is 0.261 e. The average molecular weight is 402 g/mol. The summed E-state index contributed by atoms with van der Waals surface area (Å²) in [5, 5.41) is 3.69. The van der Waals surface area contributed by atoms with Crippen LogP contribution in [0.5, 0.6) is 0 Å². The van der Waals surface area contributed by atoms with Crippen LogP contribution in [0.3, 0.4) is 0 Å². The van der Waals surface area contributed by atoms with Crippen molar-refractivity contribution in [3.05, 3.63) is 75.8 Å². The van der Waals surface area contributed by atoms with E-state index in [4.69, 9.17) is 0 Å². The van der Waals surface area contributed by atoms with Crippen LogP contribution in [-0.4, -0.2) is 40.0 Å². The third kappa shape index (κ3) is 3.52. The zero-order chi connectivity index (χ0) is 20.5. The monoisotopic (exact) mass is 402 g/mol. The lowest BCUT2D eigenvalue weighted by Gasteiger charge is -2.28. The Morgan fingerprint density at radius 1 is 1.03 bits per heavy atom. The highest BCUT2D eigenvalue weighted by molar-refractivity contribution is 5.97. The molecule has 6 heteroatoms. The zero-order valence-electron chi connectivity index (χ0n) is 17.0. The first kappa shape index (κ1) is 19.0. The number of carbonyl (C=O) groups excluding carboxylic acids is 1. The predicted molar refractivity (Wildman–Crippen MR) is 117 cm³/mol. The molecule has 0 aliphatic carbocycles. The minimum Gasteiger partial charge on any atom is -0.350 e. The molecule has 1 atom stereocenters. The van der Waals surface area contributed by atoms with Crippen molar-refractivity contribution in [1.82, 2.24) is 19.8 Å². The average Bonchev–Trinajstić information content (AvgIpc) is 3.47. The third-order valence-corrected chi connectivity index (χ3v) is 6.30. The lowest BCUT2D eigenvalue weighted by molar-refractivity contribution is 0.0938. The summed E-state index contributed by atoms with van der Waals surface area (Å²) in [6.45, 7) is 3.41. The van der Waals surface area contributed by atoms with Crippen LogP contribution in [0.25, 0.3) is 10.9 Å². The first-order chi connectivity index (χ1) is 14.7. The Hall–Kier alpha value is -2.99. The number of rotatable bonds is 5. The van der Waals surface area contributed by atoms with Gasteiger partial charge in [0.2, 0.25) is 0 Å². The summed E-state index contributed by atoms with van der Waals surface area (Å²) in [5.41, 5.74) is 2.38.